The zero-order chi connectivity index (χ0) is 27.0. The number of anilines is 1. The van der Waals surface area contributed by atoms with Gasteiger partial charge >= 0.3 is 0 Å². The Morgan fingerprint density at radius 1 is 1.05 bits per heavy atom. The number of hydrogen-bond acceptors (Lipinski definition) is 4. The number of carbonyl (C=O) groups excluding carboxylic acids is 2. The molecule has 0 aromatic heterocycles. The van der Waals surface area contributed by atoms with E-state index in [2.05, 4.69) is 5.32 Å². The SMILES string of the molecule is CC[C@@H](C(=O)NC1CCCC1)N(Cc1ccc(F)cc1)C(=O)CCCN(c1ccc(C)cc1)S(C)(=O)=O. The first-order valence-electron chi connectivity index (χ1n) is 13.0. The zero-order valence-electron chi connectivity index (χ0n) is 22.0. The molecular formula is C28H38FN3O4S. The van der Waals surface area contributed by atoms with E-state index in [1.54, 1.807) is 29.2 Å². The van der Waals surface area contributed by atoms with E-state index in [0.29, 0.717) is 18.5 Å². The number of halogens is 1. The number of nitrogens with one attached hydrogen (secondary N) is 1. The van der Waals surface area contributed by atoms with Gasteiger partial charge in [-0.3, -0.25) is 13.9 Å². The number of nitrogens with zero attached hydrogens (tertiary/aromatic N) is 2. The Morgan fingerprint density at radius 2 is 1.68 bits per heavy atom. The van der Waals surface area contributed by atoms with E-state index in [9.17, 15) is 22.4 Å². The minimum absolute atomic E-state index is 0.0757. The molecule has 0 heterocycles. The molecule has 1 atom stereocenters. The van der Waals surface area contributed by atoms with Crippen LogP contribution < -0.4 is 9.62 Å². The molecule has 0 bridgehead atoms. The van der Waals surface area contributed by atoms with Crippen LogP contribution in [0.1, 0.15) is 63.0 Å². The van der Waals surface area contributed by atoms with Crippen LogP contribution >= 0.6 is 0 Å². The third kappa shape index (κ3) is 8.28. The standard InChI is InChI=1S/C28H38FN3O4S/c1-4-26(28(34)30-24-8-5-6-9-24)31(20-22-13-15-23(29)16-14-22)27(33)10-7-19-32(37(3,35)36)25-17-11-21(2)12-18-25/h11-18,24,26H,4-10,19-20H2,1-3H3,(H,30,34)/t26-/m0/s1. The van der Waals surface area contributed by atoms with Gasteiger partial charge in [-0.15, -0.1) is 0 Å². The van der Waals surface area contributed by atoms with Crippen LogP contribution in [0, 0.1) is 12.7 Å². The van der Waals surface area contributed by atoms with E-state index in [-0.39, 0.29) is 43.2 Å². The highest BCUT2D eigenvalue weighted by atomic mass is 32.2. The van der Waals surface area contributed by atoms with Crippen molar-refractivity contribution < 1.29 is 22.4 Å². The molecule has 2 aromatic rings. The van der Waals surface area contributed by atoms with Crippen LogP contribution in [0.15, 0.2) is 48.5 Å². The van der Waals surface area contributed by atoms with E-state index in [1.807, 2.05) is 26.0 Å². The molecule has 0 unspecified atom stereocenters. The normalized spacial score (nSPS) is 14.8. The van der Waals surface area contributed by atoms with Crippen molar-refractivity contribution in [3.63, 3.8) is 0 Å². The maximum atomic E-state index is 13.5. The summed E-state index contributed by atoms with van der Waals surface area (Å²) in [7, 11) is -3.54. The van der Waals surface area contributed by atoms with Crippen molar-refractivity contribution in [2.24, 2.45) is 0 Å². The molecule has 3 rings (SSSR count). The second-order valence-electron chi connectivity index (χ2n) is 9.84. The van der Waals surface area contributed by atoms with Gasteiger partial charge in [-0.1, -0.05) is 49.6 Å². The van der Waals surface area contributed by atoms with Crippen molar-refractivity contribution in [3.05, 3.63) is 65.5 Å². The van der Waals surface area contributed by atoms with Gasteiger partial charge < -0.3 is 10.2 Å². The molecule has 0 saturated heterocycles. The summed E-state index contributed by atoms with van der Waals surface area (Å²) >= 11 is 0. The number of aryl methyl sites for hydroxylation is 1. The number of rotatable bonds is 12. The summed E-state index contributed by atoms with van der Waals surface area (Å²) in [5.74, 6) is -0.790. The Kier molecular flexibility index (Phi) is 10.1. The van der Waals surface area contributed by atoms with Crippen LogP contribution in [0.2, 0.25) is 0 Å². The topological polar surface area (TPSA) is 86.8 Å². The molecule has 2 aromatic carbocycles. The quantitative estimate of drug-likeness (QED) is 0.436. The van der Waals surface area contributed by atoms with Crippen molar-refractivity contribution in [2.75, 3.05) is 17.1 Å². The van der Waals surface area contributed by atoms with Gasteiger partial charge in [0.1, 0.15) is 11.9 Å². The predicted molar refractivity (Wildman–Crippen MR) is 144 cm³/mol. The Labute approximate surface area is 220 Å². The molecule has 0 aliphatic heterocycles. The predicted octanol–water partition coefficient (Wildman–Crippen LogP) is 4.55. The smallest absolute Gasteiger partial charge is 0.243 e. The zero-order valence-corrected chi connectivity index (χ0v) is 22.8. The van der Waals surface area contributed by atoms with Gasteiger partial charge in [-0.05, 0) is 62.4 Å². The van der Waals surface area contributed by atoms with Gasteiger partial charge in [0.15, 0.2) is 0 Å². The molecule has 1 fully saturated rings. The van der Waals surface area contributed by atoms with E-state index in [0.717, 1.165) is 43.1 Å². The fourth-order valence-corrected chi connectivity index (χ4v) is 5.75. The van der Waals surface area contributed by atoms with Crippen LogP contribution in [-0.4, -0.2) is 50.0 Å². The lowest BCUT2D eigenvalue weighted by atomic mass is 10.1. The van der Waals surface area contributed by atoms with Crippen LogP contribution in [0.5, 0.6) is 0 Å². The summed E-state index contributed by atoms with van der Waals surface area (Å²) in [5.41, 5.74) is 2.29. The molecule has 9 heteroatoms. The summed E-state index contributed by atoms with van der Waals surface area (Å²) < 4.78 is 39.7. The van der Waals surface area contributed by atoms with Crippen LogP contribution in [0.3, 0.4) is 0 Å². The van der Waals surface area contributed by atoms with E-state index < -0.39 is 16.1 Å². The molecular weight excluding hydrogens is 493 g/mol. The van der Waals surface area contributed by atoms with Gasteiger partial charge in [-0.2, -0.15) is 0 Å². The molecule has 0 radical (unpaired) electrons. The molecule has 0 spiro atoms. The van der Waals surface area contributed by atoms with E-state index in [4.69, 9.17) is 0 Å². The average molecular weight is 532 g/mol. The summed E-state index contributed by atoms with van der Waals surface area (Å²) in [6, 6.07) is 12.5. The van der Waals surface area contributed by atoms with Crippen molar-refractivity contribution in [1.82, 2.24) is 10.2 Å². The molecule has 1 aliphatic carbocycles. The summed E-state index contributed by atoms with van der Waals surface area (Å²) in [6.45, 7) is 4.11. The fraction of sp³-hybridized carbons (Fsp3) is 0.500. The second-order valence-corrected chi connectivity index (χ2v) is 11.7. The third-order valence-electron chi connectivity index (χ3n) is 6.83. The Hall–Kier alpha value is -2.94. The average Bonchev–Trinajstić information content (AvgIpc) is 3.36. The first-order chi connectivity index (χ1) is 17.6. The summed E-state index contributed by atoms with van der Waals surface area (Å²) in [4.78, 5) is 28.2. The third-order valence-corrected chi connectivity index (χ3v) is 8.02. The molecule has 7 nitrogen and oxygen atoms in total. The lowest BCUT2D eigenvalue weighted by Gasteiger charge is -2.32. The van der Waals surface area contributed by atoms with Crippen molar-refractivity contribution in [1.29, 1.82) is 0 Å². The van der Waals surface area contributed by atoms with E-state index >= 15 is 0 Å². The van der Waals surface area contributed by atoms with Crippen LogP contribution in [-0.2, 0) is 26.2 Å². The Balaban J connectivity index is 1.74. The number of benzene rings is 2. The van der Waals surface area contributed by atoms with Crippen molar-refractivity contribution >= 4 is 27.5 Å². The second kappa shape index (κ2) is 13.0. The van der Waals surface area contributed by atoms with Crippen molar-refractivity contribution in [2.45, 2.75) is 77.4 Å². The maximum Gasteiger partial charge on any atom is 0.243 e. The van der Waals surface area contributed by atoms with Gasteiger partial charge in [0.25, 0.3) is 0 Å². The molecule has 1 aliphatic rings. The highest BCUT2D eigenvalue weighted by molar-refractivity contribution is 7.92. The van der Waals surface area contributed by atoms with Crippen LogP contribution in [0.25, 0.3) is 0 Å². The molecule has 1 saturated carbocycles. The molecule has 1 N–H and O–H groups in total. The maximum absolute atomic E-state index is 13.5. The van der Waals surface area contributed by atoms with E-state index in [1.165, 1.54) is 16.4 Å². The minimum Gasteiger partial charge on any atom is -0.352 e. The summed E-state index contributed by atoms with van der Waals surface area (Å²) in [6.07, 6.45) is 5.99. The number of sulfonamides is 1. The molecule has 202 valence electrons. The first kappa shape index (κ1) is 28.6. The highest BCUT2D eigenvalue weighted by Crippen LogP contribution is 2.22. The first-order valence-corrected chi connectivity index (χ1v) is 14.8. The number of amides is 2. The minimum atomic E-state index is -3.54. The Morgan fingerprint density at radius 3 is 2.24 bits per heavy atom. The fourth-order valence-electron chi connectivity index (χ4n) is 4.79. The summed E-state index contributed by atoms with van der Waals surface area (Å²) in [5, 5.41) is 3.10. The monoisotopic (exact) mass is 531 g/mol. The van der Waals surface area contributed by atoms with Gasteiger partial charge in [0, 0.05) is 25.6 Å². The van der Waals surface area contributed by atoms with Gasteiger partial charge in [-0.25, -0.2) is 12.8 Å². The highest BCUT2D eigenvalue weighted by Gasteiger charge is 2.30. The number of hydrogen-bond donors (Lipinski definition) is 1. The Bertz CT molecular complexity index is 1150. The molecule has 2 amide bonds. The van der Waals surface area contributed by atoms with Gasteiger partial charge in [0.2, 0.25) is 21.8 Å². The molecule has 37 heavy (non-hydrogen) atoms. The van der Waals surface area contributed by atoms with Gasteiger partial charge in [0.05, 0.1) is 11.9 Å². The van der Waals surface area contributed by atoms with Crippen molar-refractivity contribution in [3.8, 4) is 0 Å². The van der Waals surface area contributed by atoms with Crippen LogP contribution in [0.4, 0.5) is 10.1 Å². The number of carbonyl (C=O) groups is 2. The largest absolute Gasteiger partial charge is 0.352 e. The lowest BCUT2D eigenvalue weighted by Crippen LogP contribution is -2.51. The lowest BCUT2D eigenvalue weighted by molar-refractivity contribution is -0.141.